The SMILES string of the molecule is Cc1ccc(NC(=O)CN(C)C(=O)c2ccc(OCc3csc(C)n3)cc2)cc1. The summed E-state index contributed by atoms with van der Waals surface area (Å²) < 4.78 is 5.70. The molecule has 1 heterocycles. The number of likely N-dealkylation sites (N-methyl/N-ethyl adjacent to an activating group) is 1. The maximum absolute atomic E-state index is 12.6. The van der Waals surface area contributed by atoms with Gasteiger partial charge in [0, 0.05) is 23.7 Å². The molecule has 0 unspecified atom stereocenters. The van der Waals surface area contributed by atoms with Gasteiger partial charge >= 0.3 is 0 Å². The number of hydrogen-bond acceptors (Lipinski definition) is 5. The molecule has 0 atom stereocenters. The Bertz CT molecular complexity index is 981. The van der Waals surface area contributed by atoms with E-state index in [2.05, 4.69) is 10.3 Å². The molecule has 3 rings (SSSR count). The minimum atomic E-state index is -0.247. The van der Waals surface area contributed by atoms with Gasteiger partial charge in [0.25, 0.3) is 5.91 Å². The Labute approximate surface area is 174 Å². The predicted molar refractivity (Wildman–Crippen MR) is 114 cm³/mol. The number of ether oxygens (including phenoxy) is 1. The first-order chi connectivity index (χ1) is 13.9. The fourth-order valence-electron chi connectivity index (χ4n) is 2.67. The number of aryl methyl sites for hydroxylation is 2. The predicted octanol–water partition coefficient (Wildman–Crippen LogP) is 4.05. The first kappa shape index (κ1) is 20.5. The van der Waals surface area contributed by atoms with Gasteiger partial charge in [0.2, 0.25) is 5.91 Å². The average Bonchev–Trinajstić information content (AvgIpc) is 3.13. The lowest BCUT2D eigenvalue weighted by atomic mass is 10.2. The third-order valence-electron chi connectivity index (χ3n) is 4.22. The minimum Gasteiger partial charge on any atom is -0.487 e. The highest BCUT2D eigenvalue weighted by Crippen LogP contribution is 2.16. The standard InChI is InChI=1S/C22H23N3O3S/c1-15-4-8-18(9-5-15)24-21(26)12-25(3)22(27)17-6-10-20(11-7-17)28-13-19-14-29-16(2)23-19/h4-11,14H,12-13H2,1-3H3,(H,24,26). The van der Waals surface area contributed by atoms with Crippen molar-refractivity contribution in [1.82, 2.24) is 9.88 Å². The van der Waals surface area contributed by atoms with Gasteiger partial charge < -0.3 is 15.0 Å². The smallest absolute Gasteiger partial charge is 0.254 e. The molecule has 0 fully saturated rings. The maximum Gasteiger partial charge on any atom is 0.254 e. The second kappa shape index (κ2) is 9.34. The molecule has 6 nitrogen and oxygen atoms in total. The van der Waals surface area contributed by atoms with Crippen molar-refractivity contribution in [1.29, 1.82) is 0 Å². The van der Waals surface area contributed by atoms with Crippen LogP contribution in [0.1, 0.15) is 26.6 Å². The van der Waals surface area contributed by atoms with Crippen molar-refractivity contribution in [3.63, 3.8) is 0 Å². The molecule has 0 radical (unpaired) electrons. The van der Waals surface area contributed by atoms with Gasteiger partial charge in [-0.2, -0.15) is 0 Å². The van der Waals surface area contributed by atoms with Crippen LogP contribution in [0.5, 0.6) is 5.75 Å². The van der Waals surface area contributed by atoms with Gasteiger partial charge in [0.1, 0.15) is 12.4 Å². The van der Waals surface area contributed by atoms with E-state index in [0.29, 0.717) is 23.6 Å². The molecule has 1 N–H and O–H groups in total. The molecule has 0 saturated carbocycles. The van der Waals surface area contributed by atoms with Crippen LogP contribution in [0, 0.1) is 13.8 Å². The van der Waals surface area contributed by atoms with E-state index in [1.54, 1.807) is 42.6 Å². The average molecular weight is 410 g/mol. The number of benzene rings is 2. The van der Waals surface area contributed by atoms with Crippen molar-refractivity contribution in [3.8, 4) is 5.75 Å². The molecule has 0 aliphatic heterocycles. The highest BCUT2D eigenvalue weighted by molar-refractivity contribution is 7.09. The summed E-state index contributed by atoms with van der Waals surface area (Å²) in [5.41, 5.74) is 3.20. The Hall–Kier alpha value is -3.19. The zero-order valence-corrected chi connectivity index (χ0v) is 17.5. The van der Waals surface area contributed by atoms with Crippen molar-refractivity contribution >= 4 is 28.8 Å². The molecule has 0 spiro atoms. The largest absolute Gasteiger partial charge is 0.487 e. The number of rotatable bonds is 7. The molecule has 3 aromatic rings. The van der Waals surface area contributed by atoms with E-state index in [9.17, 15) is 9.59 Å². The summed E-state index contributed by atoms with van der Waals surface area (Å²) in [6.45, 7) is 4.28. The summed E-state index contributed by atoms with van der Waals surface area (Å²) >= 11 is 1.58. The molecular formula is C22H23N3O3S. The zero-order chi connectivity index (χ0) is 20.8. The van der Waals surface area contributed by atoms with Gasteiger partial charge in [-0.25, -0.2) is 4.98 Å². The Morgan fingerprint density at radius 3 is 2.38 bits per heavy atom. The second-order valence-corrected chi connectivity index (χ2v) is 7.81. The van der Waals surface area contributed by atoms with Crippen LogP contribution >= 0.6 is 11.3 Å². The lowest BCUT2D eigenvalue weighted by molar-refractivity contribution is -0.116. The molecular weight excluding hydrogens is 386 g/mol. The van der Waals surface area contributed by atoms with Crippen molar-refractivity contribution < 1.29 is 14.3 Å². The summed E-state index contributed by atoms with van der Waals surface area (Å²) in [7, 11) is 1.60. The molecule has 29 heavy (non-hydrogen) atoms. The number of nitrogens with zero attached hydrogens (tertiary/aromatic N) is 2. The van der Waals surface area contributed by atoms with Crippen LogP contribution in [0.15, 0.2) is 53.9 Å². The Balaban J connectivity index is 1.51. The van der Waals surface area contributed by atoms with Gasteiger partial charge in [0.05, 0.1) is 17.2 Å². The summed E-state index contributed by atoms with van der Waals surface area (Å²) in [5.74, 6) is 0.181. The van der Waals surface area contributed by atoms with Crippen LogP contribution in [0.25, 0.3) is 0 Å². The van der Waals surface area contributed by atoms with E-state index in [1.165, 1.54) is 4.90 Å². The van der Waals surface area contributed by atoms with Crippen LogP contribution in [-0.2, 0) is 11.4 Å². The van der Waals surface area contributed by atoms with E-state index in [4.69, 9.17) is 4.74 Å². The highest BCUT2D eigenvalue weighted by atomic mass is 32.1. The summed E-state index contributed by atoms with van der Waals surface area (Å²) in [4.78, 5) is 30.5. The number of anilines is 1. The number of thiazole rings is 1. The first-order valence-electron chi connectivity index (χ1n) is 9.16. The molecule has 2 aromatic carbocycles. The van der Waals surface area contributed by atoms with Crippen LogP contribution in [-0.4, -0.2) is 35.3 Å². The molecule has 0 aliphatic rings. The van der Waals surface area contributed by atoms with Crippen LogP contribution in [0.2, 0.25) is 0 Å². The minimum absolute atomic E-state index is 0.0336. The molecule has 1 aromatic heterocycles. The van der Waals surface area contributed by atoms with Gasteiger partial charge in [-0.15, -0.1) is 11.3 Å². The fraction of sp³-hybridized carbons (Fsp3) is 0.227. The van der Waals surface area contributed by atoms with Crippen molar-refractivity contribution in [2.75, 3.05) is 18.9 Å². The number of amides is 2. The topological polar surface area (TPSA) is 71.5 Å². The molecule has 0 saturated heterocycles. The van der Waals surface area contributed by atoms with E-state index in [-0.39, 0.29) is 18.4 Å². The number of aromatic nitrogens is 1. The van der Waals surface area contributed by atoms with Gasteiger partial charge in [0.15, 0.2) is 0 Å². The van der Waals surface area contributed by atoms with Gasteiger partial charge in [-0.1, -0.05) is 17.7 Å². The Morgan fingerprint density at radius 2 is 1.76 bits per heavy atom. The van der Waals surface area contributed by atoms with Crippen LogP contribution < -0.4 is 10.1 Å². The zero-order valence-electron chi connectivity index (χ0n) is 16.6. The van der Waals surface area contributed by atoms with Crippen molar-refractivity contribution in [2.24, 2.45) is 0 Å². The van der Waals surface area contributed by atoms with Crippen LogP contribution in [0.3, 0.4) is 0 Å². The summed E-state index contributed by atoms with van der Waals surface area (Å²) in [6.07, 6.45) is 0. The third-order valence-corrected chi connectivity index (χ3v) is 5.04. The van der Waals surface area contributed by atoms with E-state index in [0.717, 1.165) is 16.3 Å². The van der Waals surface area contributed by atoms with Crippen molar-refractivity contribution in [2.45, 2.75) is 20.5 Å². The van der Waals surface area contributed by atoms with E-state index in [1.807, 2.05) is 43.5 Å². The lowest BCUT2D eigenvalue weighted by Gasteiger charge is -2.17. The maximum atomic E-state index is 12.6. The van der Waals surface area contributed by atoms with Gasteiger partial charge in [-0.05, 0) is 50.2 Å². The number of carbonyl (C=O) groups is 2. The lowest BCUT2D eigenvalue weighted by Crippen LogP contribution is -2.34. The normalized spacial score (nSPS) is 10.4. The summed E-state index contributed by atoms with van der Waals surface area (Å²) in [5, 5.41) is 5.75. The van der Waals surface area contributed by atoms with E-state index >= 15 is 0 Å². The molecule has 150 valence electrons. The second-order valence-electron chi connectivity index (χ2n) is 6.75. The molecule has 2 amide bonds. The fourth-order valence-corrected chi connectivity index (χ4v) is 3.27. The Morgan fingerprint density at radius 1 is 1.07 bits per heavy atom. The monoisotopic (exact) mass is 409 g/mol. The van der Waals surface area contributed by atoms with Crippen LogP contribution in [0.4, 0.5) is 5.69 Å². The molecule has 0 bridgehead atoms. The third kappa shape index (κ3) is 5.89. The number of hydrogen-bond donors (Lipinski definition) is 1. The Kier molecular flexibility index (Phi) is 6.61. The first-order valence-corrected chi connectivity index (χ1v) is 10.0. The highest BCUT2D eigenvalue weighted by Gasteiger charge is 2.15. The molecule has 7 heteroatoms. The summed E-state index contributed by atoms with van der Waals surface area (Å²) in [6, 6.07) is 14.4. The number of carbonyl (C=O) groups excluding carboxylic acids is 2. The van der Waals surface area contributed by atoms with Gasteiger partial charge in [-0.3, -0.25) is 9.59 Å². The number of nitrogens with one attached hydrogen (secondary N) is 1. The quantitative estimate of drug-likeness (QED) is 0.639. The molecule has 0 aliphatic carbocycles. The van der Waals surface area contributed by atoms with E-state index < -0.39 is 0 Å². The van der Waals surface area contributed by atoms with Crippen molar-refractivity contribution in [3.05, 3.63) is 75.7 Å².